The molecular formula is C29H34FN3O2. The van der Waals surface area contributed by atoms with Crippen molar-refractivity contribution in [3.05, 3.63) is 95.1 Å². The van der Waals surface area contributed by atoms with Gasteiger partial charge in [-0.25, -0.2) is 4.39 Å². The molecule has 1 atom stereocenters. The quantitative estimate of drug-likeness (QED) is 0.479. The first-order chi connectivity index (χ1) is 16.7. The molecule has 35 heavy (non-hydrogen) atoms. The fourth-order valence-corrected chi connectivity index (χ4v) is 4.75. The van der Waals surface area contributed by atoms with Crippen LogP contribution in [0.4, 0.5) is 4.39 Å². The summed E-state index contributed by atoms with van der Waals surface area (Å²) >= 11 is 0. The summed E-state index contributed by atoms with van der Waals surface area (Å²) in [6, 6.07) is 18.2. The first-order valence-corrected chi connectivity index (χ1v) is 12.3. The van der Waals surface area contributed by atoms with Crippen LogP contribution in [-0.2, 0) is 16.8 Å². The van der Waals surface area contributed by atoms with E-state index in [0.29, 0.717) is 26.1 Å². The molecule has 0 unspecified atom stereocenters. The summed E-state index contributed by atoms with van der Waals surface area (Å²) < 4.78 is 16.5. The summed E-state index contributed by atoms with van der Waals surface area (Å²) in [4.78, 5) is 30.1. The van der Waals surface area contributed by atoms with Crippen LogP contribution < -0.4 is 0 Å². The van der Waals surface area contributed by atoms with Crippen molar-refractivity contribution < 1.29 is 14.0 Å². The Bertz CT molecular complexity index is 1190. The van der Waals surface area contributed by atoms with E-state index in [0.717, 1.165) is 11.3 Å². The molecule has 0 N–H and O–H groups in total. The van der Waals surface area contributed by atoms with Crippen LogP contribution in [0.5, 0.6) is 0 Å². The molecule has 4 rings (SSSR count). The van der Waals surface area contributed by atoms with Crippen LogP contribution in [0, 0.1) is 5.82 Å². The molecule has 2 heterocycles. The molecule has 184 valence electrons. The Balaban J connectivity index is 1.63. The zero-order chi connectivity index (χ0) is 25.2. The number of benzene rings is 2. The first kappa shape index (κ1) is 24.7. The average molecular weight is 476 g/mol. The molecule has 5 nitrogen and oxygen atoms in total. The predicted molar refractivity (Wildman–Crippen MR) is 136 cm³/mol. The summed E-state index contributed by atoms with van der Waals surface area (Å²) in [5.74, 6) is -1.16. The zero-order valence-electron chi connectivity index (χ0n) is 21.0. The summed E-state index contributed by atoms with van der Waals surface area (Å²) in [5, 5.41) is 0. The van der Waals surface area contributed by atoms with E-state index in [2.05, 4.69) is 55.7 Å². The lowest BCUT2D eigenvalue weighted by molar-refractivity contribution is -0.134. The van der Waals surface area contributed by atoms with E-state index < -0.39 is 11.7 Å². The van der Waals surface area contributed by atoms with Gasteiger partial charge in [-0.15, -0.1) is 0 Å². The minimum atomic E-state index is -0.571. The van der Waals surface area contributed by atoms with Gasteiger partial charge in [0.2, 0.25) is 5.91 Å². The van der Waals surface area contributed by atoms with E-state index in [1.54, 1.807) is 12.1 Å². The molecule has 0 fully saturated rings. The highest BCUT2D eigenvalue weighted by Crippen LogP contribution is 2.34. The Labute approximate surface area is 207 Å². The summed E-state index contributed by atoms with van der Waals surface area (Å²) in [5.41, 5.74) is 3.35. The molecule has 2 amide bonds. The number of fused-ring (bicyclic) bond motifs is 1. The first-order valence-electron chi connectivity index (χ1n) is 12.3. The minimum Gasteiger partial charge on any atom is -0.348 e. The van der Waals surface area contributed by atoms with Crippen molar-refractivity contribution in [3.63, 3.8) is 0 Å². The number of rotatable bonds is 6. The third kappa shape index (κ3) is 5.16. The van der Waals surface area contributed by atoms with Gasteiger partial charge in [0, 0.05) is 31.5 Å². The van der Waals surface area contributed by atoms with Crippen molar-refractivity contribution >= 4 is 11.8 Å². The Morgan fingerprint density at radius 3 is 2.37 bits per heavy atom. The second kappa shape index (κ2) is 10.1. The van der Waals surface area contributed by atoms with Crippen molar-refractivity contribution in [2.75, 3.05) is 19.6 Å². The van der Waals surface area contributed by atoms with Gasteiger partial charge in [-0.1, -0.05) is 64.1 Å². The van der Waals surface area contributed by atoms with Crippen LogP contribution in [0.3, 0.4) is 0 Å². The fraction of sp³-hybridized carbons (Fsp3) is 0.379. The van der Waals surface area contributed by atoms with Gasteiger partial charge >= 0.3 is 0 Å². The number of carbonyl (C=O) groups is 2. The molecule has 1 aliphatic rings. The molecule has 0 radical (unpaired) electrons. The van der Waals surface area contributed by atoms with E-state index in [1.165, 1.54) is 22.6 Å². The topological polar surface area (TPSA) is 45.6 Å². The molecule has 1 aromatic heterocycles. The van der Waals surface area contributed by atoms with Crippen molar-refractivity contribution in [2.45, 2.75) is 52.1 Å². The maximum atomic E-state index is 14.3. The van der Waals surface area contributed by atoms with E-state index in [4.69, 9.17) is 0 Å². The Morgan fingerprint density at radius 2 is 1.71 bits per heavy atom. The van der Waals surface area contributed by atoms with Crippen molar-refractivity contribution in [1.82, 2.24) is 14.4 Å². The number of halogens is 1. The van der Waals surface area contributed by atoms with Crippen molar-refractivity contribution in [1.29, 1.82) is 0 Å². The molecule has 0 spiro atoms. The van der Waals surface area contributed by atoms with Gasteiger partial charge < -0.3 is 14.4 Å². The van der Waals surface area contributed by atoms with Gasteiger partial charge in [0.1, 0.15) is 12.4 Å². The highest BCUT2D eigenvalue weighted by atomic mass is 19.1. The van der Waals surface area contributed by atoms with E-state index in [1.807, 2.05) is 24.1 Å². The molecule has 6 heteroatoms. The maximum absolute atomic E-state index is 14.3. The van der Waals surface area contributed by atoms with Gasteiger partial charge in [0.15, 0.2) is 0 Å². The molecule has 0 aliphatic carbocycles. The van der Waals surface area contributed by atoms with Crippen molar-refractivity contribution in [2.24, 2.45) is 0 Å². The van der Waals surface area contributed by atoms with Gasteiger partial charge in [-0.05, 0) is 47.2 Å². The van der Waals surface area contributed by atoms with Crippen LogP contribution in [0.1, 0.15) is 67.3 Å². The fourth-order valence-electron chi connectivity index (χ4n) is 4.75. The number of hydrogen-bond donors (Lipinski definition) is 0. The third-order valence-electron chi connectivity index (χ3n) is 6.66. The average Bonchev–Trinajstić information content (AvgIpc) is 3.31. The molecule has 3 aromatic rings. The summed E-state index contributed by atoms with van der Waals surface area (Å²) in [6.45, 7) is 10.0. The molecule has 0 saturated heterocycles. The van der Waals surface area contributed by atoms with E-state index >= 15 is 0 Å². The highest BCUT2D eigenvalue weighted by molar-refractivity contribution is 5.96. The molecule has 2 aromatic carbocycles. The maximum Gasteiger partial charge on any atom is 0.257 e. The number of aromatic nitrogens is 1. The second-order valence-corrected chi connectivity index (χ2v) is 10.2. The highest BCUT2D eigenvalue weighted by Gasteiger charge is 2.34. The smallest absolute Gasteiger partial charge is 0.257 e. The van der Waals surface area contributed by atoms with Gasteiger partial charge in [-0.2, -0.15) is 0 Å². The Hall–Kier alpha value is -3.41. The van der Waals surface area contributed by atoms with Crippen LogP contribution in [0.25, 0.3) is 0 Å². The number of hydrogen-bond acceptors (Lipinski definition) is 2. The lowest BCUT2D eigenvalue weighted by Crippen LogP contribution is -2.48. The monoisotopic (exact) mass is 475 g/mol. The van der Waals surface area contributed by atoms with E-state index in [9.17, 15) is 14.0 Å². The minimum absolute atomic E-state index is 0.00408. The molecular weight excluding hydrogens is 441 g/mol. The SMILES string of the molecule is CCCN(CC(=O)N1CCn2cccc2[C@@H]1c1ccc(C(C)(C)C)cc1)C(=O)c1ccccc1F. The summed E-state index contributed by atoms with van der Waals surface area (Å²) in [6.07, 6.45) is 2.72. The van der Waals surface area contributed by atoms with Gasteiger partial charge in [0.25, 0.3) is 5.91 Å². The number of amides is 2. The standard InChI is InChI=1S/C29H34FN3O2/c1-5-16-32(28(35)23-9-6-7-10-24(23)30)20-26(34)33-19-18-31-17-8-11-25(31)27(33)21-12-14-22(15-13-21)29(2,3)4/h6-15,17,27H,5,16,18-20H2,1-4H3/t27-/m0/s1. The number of nitrogens with zero attached hydrogens (tertiary/aromatic N) is 3. The largest absolute Gasteiger partial charge is 0.348 e. The van der Waals surface area contributed by atoms with Gasteiger partial charge in [-0.3, -0.25) is 9.59 Å². The molecule has 0 bridgehead atoms. The summed E-state index contributed by atoms with van der Waals surface area (Å²) in [7, 11) is 0. The Kier molecular flexibility index (Phi) is 7.10. The normalized spacial score (nSPS) is 15.6. The lowest BCUT2D eigenvalue weighted by Gasteiger charge is -2.38. The van der Waals surface area contributed by atoms with E-state index in [-0.39, 0.29) is 29.5 Å². The van der Waals surface area contributed by atoms with Crippen LogP contribution in [0.2, 0.25) is 0 Å². The Morgan fingerprint density at radius 1 is 1.00 bits per heavy atom. The van der Waals surface area contributed by atoms with Crippen LogP contribution in [-0.4, -0.2) is 45.8 Å². The van der Waals surface area contributed by atoms with Gasteiger partial charge in [0.05, 0.1) is 11.6 Å². The van der Waals surface area contributed by atoms with Crippen LogP contribution in [0.15, 0.2) is 66.9 Å². The zero-order valence-corrected chi connectivity index (χ0v) is 21.0. The molecule has 1 aliphatic heterocycles. The predicted octanol–water partition coefficient (Wildman–Crippen LogP) is 5.41. The van der Waals surface area contributed by atoms with Crippen molar-refractivity contribution in [3.8, 4) is 0 Å². The lowest BCUT2D eigenvalue weighted by atomic mass is 9.86. The second-order valence-electron chi connectivity index (χ2n) is 10.2. The van der Waals surface area contributed by atoms with Crippen LogP contribution >= 0.6 is 0 Å². The third-order valence-corrected chi connectivity index (χ3v) is 6.66. The number of carbonyl (C=O) groups excluding carboxylic acids is 2. The molecule has 0 saturated carbocycles.